The van der Waals surface area contributed by atoms with Gasteiger partial charge in [-0.15, -0.1) is 0 Å². The summed E-state index contributed by atoms with van der Waals surface area (Å²) in [6.45, 7) is 4.09. The van der Waals surface area contributed by atoms with Crippen molar-refractivity contribution < 1.29 is 17.9 Å². The highest BCUT2D eigenvalue weighted by atomic mass is 19.4. The average Bonchev–Trinajstić information content (AvgIpc) is 2.13. The number of nitrogens with one attached hydrogen (secondary N) is 1. The van der Waals surface area contributed by atoms with Crippen LogP contribution >= 0.6 is 0 Å². The molecule has 0 aliphatic rings. The summed E-state index contributed by atoms with van der Waals surface area (Å²) < 4.78 is 42.2. The summed E-state index contributed by atoms with van der Waals surface area (Å²) in [6.07, 6.45) is -6.45. The van der Waals surface area contributed by atoms with Crippen LogP contribution in [-0.4, -0.2) is 23.1 Å². The first kappa shape index (κ1) is 14.3. The smallest absolute Gasteiger partial charge is 0.425 e. The molecule has 0 bridgehead atoms. The number of aromatic nitrogens is 1. The number of nitrogens with two attached hydrogens (primary N) is 1. The molecule has 1 aromatic rings. The Morgan fingerprint density at radius 3 is 2.44 bits per heavy atom. The van der Waals surface area contributed by atoms with Crippen LogP contribution in [0.15, 0.2) is 6.07 Å². The lowest BCUT2D eigenvalue weighted by molar-refractivity contribution is -0.189. The zero-order valence-electron chi connectivity index (χ0n) is 10.2. The second-order valence-corrected chi connectivity index (χ2v) is 3.94. The number of nitrogen functional groups attached to an aromatic ring is 1. The summed E-state index contributed by atoms with van der Waals surface area (Å²) in [5, 5.41) is 7.36. The predicted molar refractivity (Wildman–Crippen MR) is 60.9 cm³/mol. The van der Waals surface area contributed by atoms with Gasteiger partial charge >= 0.3 is 6.18 Å². The molecule has 100 valence electrons. The van der Waals surface area contributed by atoms with Crippen LogP contribution in [0.4, 0.5) is 13.2 Å². The maximum atomic E-state index is 12.4. The highest BCUT2D eigenvalue weighted by Crippen LogP contribution is 2.28. The minimum Gasteiger partial charge on any atom is -0.480 e. The Labute approximate surface area is 102 Å². The monoisotopic (exact) mass is 261 g/mol. The number of aryl methyl sites for hydroxylation is 2. The van der Waals surface area contributed by atoms with E-state index in [1.54, 1.807) is 13.8 Å². The second-order valence-electron chi connectivity index (χ2n) is 3.94. The minimum absolute atomic E-state index is 0.0719. The molecule has 0 aromatic carbocycles. The number of hydrogen-bond donors (Lipinski definition) is 2. The van der Waals surface area contributed by atoms with E-state index in [2.05, 4.69) is 4.98 Å². The third-order valence-electron chi connectivity index (χ3n) is 2.33. The van der Waals surface area contributed by atoms with Crippen LogP contribution in [0.1, 0.15) is 23.9 Å². The second kappa shape index (κ2) is 4.83. The SMILES string of the molecule is Cc1cc(OC(C)C(F)(F)F)c(C(=N)N)c(C)n1. The normalized spacial score (nSPS) is 13.2. The van der Waals surface area contributed by atoms with Crippen molar-refractivity contribution in [2.75, 3.05) is 0 Å². The Bertz CT molecular complexity index is 471. The Morgan fingerprint density at radius 2 is 2.00 bits per heavy atom. The van der Waals surface area contributed by atoms with Gasteiger partial charge in [0.1, 0.15) is 11.6 Å². The molecule has 0 amide bonds. The topological polar surface area (TPSA) is 72.0 Å². The Morgan fingerprint density at radius 1 is 1.44 bits per heavy atom. The molecule has 0 saturated heterocycles. The lowest BCUT2D eigenvalue weighted by Crippen LogP contribution is -2.32. The molecule has 1 heterocycles. The predicted octanol–water partition coefficient (Wildman–Crippen LogP) is 2.31. The highest BCUT2D eigenvalue weighted by Gasteiger charge is 2.38. The quantitative estimate of drug-likeness (QED) is 0.647. The van der Waals surface area contributed by atoms with Gasteiger partial charge in [0.15, 0.2) is 6.10 Å². The van der Waals surface area contributed by atoms with E-state index >= 15 is 0 Å². The van der Waals surface area contributed by atoms with Gasteiger partial charge < -0.3 is 10.5 Å². The van der Waals surface area contributed by atoms with Crippen LogP contribution < -0.4 is 10.5 Å². The first-order valence-electron chi connectivity index (χ1n) is 5.19. The van der Waals surface area contributed by atoms with Crippen LogP contribution in [0.2, 0.25) is 0 Å². The minimum atomic E-state index is -4.47. The number of amidine groups is 1. The first-order chi connectivity index (χ1) is 8.12. The van der Waals surface area contributed by atoms with Crippen molar-refractivity contribution >= 4 is 5.84 Å². The molecule has 18 heavy (non-hydrogen) atoms. The molecule has 3 N–H and O–H groups in total. The fourth-order valence-electron chi connectivity index (χ4n) is 1.47. The maximum absolute atomic E-state index is 12.4. The van der Waals surface area contributed by atoms with Crippen molar-refractivity contribution in [1.29, 1.82) is 5.41 Å². The summed E-state index contributed by atoms with van der Waals surface area (Å²) in [5.74, 6) is -0.443. The van der Waals surface area contributed by atoms with Crippen molar-refractivity contribution in [1.82, 2.24) is 4.98 Å². The molecular weight excluding hydrogens is 247 g/mol. The van der Waals surface area contributed by atoms with E-state index in [4.69, 9.17) is 15.9 Å². The summed E-state index contributed by atoms with van der Waals surface area (Å²) in [4.78, 5) is 4.04. The van der Waals surface area contributed by atoms with Gasteiger partial charge in [-0.1, -0.05) is 0 Å². The fourth-order valence-corrected chi connectivity index (χ4v) is 1.47. The van der Waals surface area contributed by atoms with E-state index in [1.165, 1.54) is 6.07 Å². The number of hydrogen-bond acceptors (Lipinski definition) is 3. The van der Waals surface area contributed by atoms with Gasteiger partial charge in [-0.2, -0.15) is 13.2 Å². The van der Waals surface area contributed by atoms with E-state index in [1.807, 2.05) is 0 Å². The summed E-state index contributed by atoms with van der Waals surface area (Å²) >= 11 is 0. The Hall–Kier alpha value is -1.79. The van der Waals surface area contributed by atoms with Gasteiger partial charge in [0.25, 0.3) is 0 Å². The standard InChI is InChI=1S/C11H14F3N3O/c1-5-4-8(18-7(3)11(12,13)14)9(10(15)16)6(2)17-5/h4,7H,1-3H3,(H3,15,16). The molecule has 1 atom stereocenters. The molecule has 0 aliphatic carbocycles. The lowest BCUT2D eigenvalue weighted by atomic mass is 10.1. The zero-order valence-corrected chi connectivity index (χ0v) is 10.2. The van der Waals surface area contributed by atoms with Crippen LogP contribution in [0, 0.1) is 19.3 Å². The fraction of sp³-hybridized carbons (Fsp3) is 0.455. The van der Waals surface area contributed by atoms with E-state index in [0.717, 1.165) is 6.92 Å². The summed E-state index contributed by atoms with van der Waals surface area (Å²) in [7, 11) is 0. The van der Waals surface area contributed by atoms with E-state index < -0.39 is 12.3 Å². The zero-order chi connectivity index (χ0) is 14.1. The molecule has 1 rings (SSSR count). The summed E-state index contributed by atoms with van der Waals surface area (Å²) in [6, 6.07) is 1.34. The Kier molecular flexibility index (Phi) is 3.83. The van der Waals surface area contributed by atoms with Gasteiger partial charge in [0.05, 0.1) is 11.3 Å². The van der Waals surface area contributed by atoms with Crippen LogP contribution in [0.25, 0.3) is 0 Å². The molecule has 7 heteroatoms. The van der Waals surface area contributed by atoms with Crippen molar-refractivity contribution in [3.05, 3.63) is 23.0 Å². The third-order valence-corrected chi connectivity index (χ3v) is 2.33. The lowest BCUT2D eigenvalue weighted by Gasteiger charge is -2.20. The van der Waals surface area contributed by atoms with E-state index in [-0.39, 0.29) is 17.1 Å². The Balaban J connectivity index is 3.19. The molecule has 0 spiro atoms. The average molecular weight is 261 g/mol. The van der Waals surface area contributed by atoms with Gasteiger partial charge in [0, 0.05) is 11.8 Å². The first-order valence-corrected chi connectivity index (χ1v) is 5.19. The van der Waals surface area contributed by atoms with Crippen molar-refractivity contribution in [3.8, 4) is 5.75 Å². The number of pyridine rings is 1. The van der Waals surface area contributed by atoms with E-state index in [9.17, 15) is 13.2 Å². The van der Waals surface area contributed by atoms with Crippen molar-refractivity contribution in [2.24, 2.45) is 5.73 Å². The van der Waals surface area contributed by atoms with Crippen LogP contribution in [0.5, 0.6) is 5.75 Å². The molecule has 0 radical (unpaired) electrons. The van der Waals surface area contributed by atoms with Crippen molar-refractivity contribution in [2.45, 2.75) is 33.1 Å². The molecule has 1 aromatic heterocycles. The van der Waals surface area contributed by atoms with Gasteiger partial charge in [-0.3, -0.25) is 10.4 Å². The maximum Gasteiger partial charge on any atom is 0.425 e. The molecule has 0 aliphatic heterocycles. The number of ether oxygens (including phenoxy) is 1. The van der Waals surface area contributed by atoms with Crippen LogP contribution in [-0.2, 0) is 0 Å². The highest BCUT2D eigenvalue weighted by molar-refractivity contribution is 5.98. The molecule has 0 saturated carbocycles. The van der Waals surface area contributed by atoms with Gasteiger partial charge in [-0.25, -0.2) is 0 Å². The number of alkyl halides is 3. The van der Waals surface area contributed by atoms with Gasteiger partial charge in [0.2, 0.25) is 0 Å². The number of rotatable bonds is 3. The number of halogens is 3. The van der Waals surface area contributed by atoms with Gasteiger partial charge in [-0.05, 0) is 20.8 Å². The molecule has 4 nitrogen and oxygen atoms in total. The third kappa shape index (κ3) is 3.12. The molecule has 0 fully saturated rings. The largest absolute Gasteiger partial charge is 0.480 e. The van der Waals surface area contributed by atoms with Crippen molar-refractivity contribution in [3.63, 3.8) is 0 Å². The molecule has 1 unspecified atom stereocenters. The van der Waals surface area contributed by atoms with E-state index in [0.29, 0.717) is 11.4 Å². The molecular formula is C11H14F3N3O. The van der Waals surface area contributed by atoms with Crippen LogP contribution in [0.3, 0.4) is 0 Å². The number of nitrogens with zero attached hydrogens (tertiary/aromatic N) is 1. The summed E-state index contributed by atoms with van der Waals surface area (Å²) in [5.41, 5.74) is 6.30.